The third-order valence-corrected chi connectivity index (χ3v) is 3.22. The van der Waals surface area contributed by atoms with Crippen LogP contribution in [0.1, 0.15) is 19.8 Å². The van der Waals surface area contributed by atoms with Crippen molar-refractivity contribution in [3.05, 3.63) is 29.3 Å². The lowest BCUT2D eigenvalue weighted by atomic mass is 10.1. The normalized spacial score (nSPS) is 11.2. The minimum Gasteiger partial charge on any atom is -0.356 e. The van der Waals surface area contributed by atoms with Crippen LogP contribution in [0.5, 0.6) is 0 Å². The molecule has 0 radical (unpaired) electrons. The highest BCUT2D eigenvalue weighted by molar-refractivity contribution is 6.30. The number of anilines is 1. The van der Waals surface area contributed by atoms with Crippen LogP contribution in [0.15, 0.2) is 24.3 Å². The van der Waals surface area contributed by atoms with Crippen molar-refractivity contribution in [3.8, 4) is 0 Å². The third kappa shape index (κ3) is 8.22. The van der Waals surface area contributed by atoms with E-state index in [1.165, 1.54) is 0 Å². The summed E-state index contributed by atoms with van der Waals surface area (Å²) in [5.74, 6) is -0.143. The smallest absolute Gasteiger partial charge is 0.224 e. The zero-order valence-corrected chi connectivity index (χ0v) is 14.4. The first-order valence-electron chi connectivity index (χ1n) is 7.00. The van der Waals surface area contributed by atoms with Crippen LogP contribution in [0.2, 0.25) is 5.02 Å². The van der Waals surface area contributed by atoms with Crippen LogP contribution >= 0.6 is 24.0 Å². The van der Waals surface area contributed by atoms with Crippen LogP contribution < -0.4 is 16.0 Å². The monoisotopic (exact) mass is 347 g/mol. The average molecular weight is 348 g/mol. The fourth-order valence-corrected chi connectivity index (χ4v) is 1.92. The maximum Gasteiger partial charge on any atom is 0.224 e. The summed E-state index contributed by atoms with van der Waals surface area (Å²) in [5.41, 5.74) is 0.719. The topological polar surface area (TPSA) is 70.2 Å². The van der Waals surface area contributed by atoms with Crippen molar-refractivity contribution < 1.29 is 9.59 Å². The molecule has 0 fully saturated rings. The Labute approximate surface area is 142 Å². The number of hydrogen-bond acceptors (Lipinski definition) is 3. The summed E-state index contributed by atoms with van der Waals surface area (Å²) in [4.78, 5) is 23.3. The van der Waals surface area contributed by atoms with E-state index in [1.807, 2.05) is 14.0 Å². The molecule has 2 amide bonds. The third-order valence-electron chi connectivity index (χ3n) is 2.97. The van der Waals surface area contributed by atoms with Gasteiger partial charge in [0.25, 0.3) is 0 Å². The molecule has 1 atom stereocenters. The molecule has 0 bridgehead atoms. The molecule has 1 aromatic rings. The zero-order valence-electron chi connectivity index (χ0n) is 12.8. The van der Waals surface area contributed by atoms with Crippen molar-refractivity contribution in [1.29, 1.82) is 0 Å². The van der Waals surface area contributed by atoms with Gasteiger partial charge in [-0.15, -0.1) is 12.4 Å². The number of carbonyl (C=O) groups excluding carboxylic acids is 2. The van der Waals surface area contributed by atoms with Crippen LogP contribution in [-0.4, -0.2) is 32.0 Å². The van der Waals surface area contributed by atoms with Gasteiger partial charge in [-0.25, -0.2) is 0 Å². The molecule has 0 aromatic heterocycles. The van der Waals surface area contributed by atoms with E-state index >= 15 is 0 Å². The molecule has 0 saturated carbocycles. The summed E-state index contributed by atoms with van der Waals surface area (Å²) in [6.45, 7) is 3.00. The zero-order chi connectivity index (χ0) is 15.7. The molecule has 5 nitrogen and oxygen atoms in total. The van der Waals surface area contributed by atoms with Gasteiger partial charge < -0.3 is 16.0 Å². The minimum atomic E-state index is -0.0742. The molecule has 3 N–H and O–H groups in total. The van der Waals surface area contributed by atoms with Crippen molar-refractivity contribution in [2.24, 2.45) is 5.92 Å². The van der Waals surface area contributed by atoms with Gasteiger partial charge in [0.15, 0.2) is 0 Å². The van der Waals surface area contributed by atoms with Crippen molar-refractivity contribution >= 4 is 41.5 Å². The van der Waals surface area contributed by atoms with E-state index < -0.39 is 0 Å². The summed E-state index contributed by atoms with van der Waals surface area (Å²) >= 11 is 5.77. The second-order valence-corrected chi connectivity index (χ2v) is 5.34. The van der Waals surface area contributed by atoms with Gasteiger partial charge in [-0.1, -0.05) is 18.5 Å². The quantitative estimate of drug-likeness (QED) is 0.632. The lowest BCUT2D eigenvalue weighted by Crippen LogP contribution is -2.35. The molecule has 1 rings (SSSR count). The lowest BCUT2D eigenvalue weighted by molar-refractivity contribution is -0.124. The number of amides is 2. The molecule has 0 aliphatic rings. The van der Waals surface area contributed by atoms with Gasteiger partial charge in [-0.3, -0.25) is 9.59 Å². The van der Waals surface area contributed by atoms with E-state index in [0.717, 1.165) is 5.69 Å². The van der Waals surface area contributed by atoms with Crippen molar-refractivity contribution in [2.45, 2.75) is 19.8 Å². The Balaban J connectivity index is 0.00000441. The molecule has 0 spiro atoms. The fraction of sp³-hybridized carbons (Fsp3) is 0.467. The highest BCUT2D eigenvalue weighted by Gasteiger charge is 2.10. The van der Waals surface area contributed by atoms with Gasteiger partial charge >= 0.3 is 0 Å². The first kappa shape index (κ1) is 20.7. The highest BCUT2D eigenvalue weighted by atomic mass is 35.5. The molecule has 1 aromatic carbocycles. The van der Waals surface area contributed by atoms with Crippen molar-refractivity contribution in [3.63, 3.8) is 0 Å². The Hall–Kier alpha value is -1.30. The molecular formula is C15H23Cl2N3O2. The Bertz CT molecular complexity index is 466. The van der Waals surface area contributed by atoms with Crippen LogP contribution in [0.3, 0.4) is 0 Å². The highest BCUT2D eigenvalue weighted by Crippen LogP contribution is 2.13. The Morgan fingerprint density at radius 2 is 1.86 bits per heavy atom. The Morgan fingerprint density at radius 1 is 1.23 bits per heavy atom. The van der Waals surface area contributed by atoms with E-state index in [2.05, 4.69) is 16.0 Å². The Morgan fingerprint density at radius 3 is 2.45 bits per heavy atom. The van der Waals surface area contributed by atoms with Crippen LogP contribution in [0.4, 0.5) is 5.69 Å². The van der Waals surface area contributed by atoms with Gasteiger partial charge in [0.1, 0.15) is 0 Å². The maximum atomic E-state index is 11.7. The number of halogens is 2. The largest absolute Gasteiger partial charge is 0.356 e. The number of nitrogens with one attached hydrogen (secondary N) is 3. The average Bonchev–Trinajstić information content (AvgIpc) is 2.46. The van der Waals surface area contributed by atoms with E-state index in [9.17, 15) is 9.59 Å². The van der Waals surface area contributed by atoms with Gasteiger partial charge in [-0.2, -0.15) is 0 Å². The molecule has 0 saturated heterocycles. The molecular weight excluding hydrogens is 325 g/mol. The SMILES string of the molecule is CNCC(C)C(=O)NCCCC(=O)Nc1ccc(Cl)cc1.Cl. The molecule has 0 heterocycles. The van der Waals surface area contributed by atoms with E-state index in [-0.39, 0.29) is 30.1 Å². The molecule has 1 unspecified atom stereocenters. The molecule has 22 heavy (non-hydrogen) atoms. The van der Waals surface area contributed by atoms with Crippen LogP contribution in [0, 0.1) is 5.92 Å². The number of benzene rings is 1. The number of hydrogen-bond donors (Lipinski definition) is 3. The molecule has 0 aliphatic heterocycles. The van der Waals surface area contributed by atoms with Gasteiger partial charge in [0.05, 0.1) is 0 Å². The summed E-state index contributed by atoms with van der Waals surface area (Å²) in [6, 6.07) is 6.95. The maximum absolute atomic E-state index is 11.7. The summed E-state index contributed by atoms with van der Waals surface area (Å²) in [7, 11) is 1.81. The first-order valence-corrected chi connectivity index (χ1v) is 7.38. The van der Waals surface area contributed by atoms with E-state index in [4.69, 9.17) is 11.6 Å². The Kier molecular flexibility index (Phi) is 10.6. The lowest BCUT2D eigenvalue weighted by Gasteiger charge is -2.11. The molecule has 7 heteroatoms. The first-order chi connectivity index (χ1) is 10.0. The van der Waals surface area contributed by atoms with E-state index in [0.29, 0.717) is 31.0 Å². The van der Waals surface area contributed by atoms with Gasteiger partial charge in [0.2, 0.25) is 11.8 Å². The molecule has 124 valence electrons. The van der Waals surface area contributed by atoms with E-state index in [1.54, 1.807) is 24.3 Å². The summed E-state index contributed by atoms with van der Waals surface area (Å²) < 4.78 is 0. The predicted molar refractivity (Wildman–Crippen MR) is 92.7 cm³/mol. The van der Waals surface area contributed by atoms with Gasteiger partial charge in [0, 0.05) is 36.1 Å². The number of rotatable bonds is 8. The standard InChI is InChI=1S/C15H22ClN3O2.ClH/c1-11(10-17-2)15(21)18-9-3-4-14(20)19-13-7-5-12(16)6-8-13;/h5-8,11,17H,3-4,9-10H2,1-2H3,(H,18,21)(H,19,20);1H. The summed E-state index contributed by atoms with van der Waals surface area (Å²) in [6.07, 6.45) is 0.973. The number of carbonyl (C=O) groups is 2. The fourth-order valence-electron chi connectivity index (χ4n) is 1.79. The van der Waals surface area contributed by atoms with Crippen LogP contribution in [0.25, 0.3) is 0 Å². The predicted octanol–water partition coefficient (Wildman–Crippen LogP) is 2.45. The second kappa shape index (κ2) is 11.3. The second-order valence-electron chi connectivity index (χ2n) is 4.91. The van der Waals surface area contributed by atoms with Crippen molar-refractivity contribution in [2.75, 3.05) is 25.5 Å². The minimum absolute atomic E-state index is 0. The van der Waals surface area contributed by atoms with Crippen LogP contribution in [-0.2, 0) is 9.59 Å². The molecule has 0 aliphatic carbocycles. The van der Waals surface area contributed by atoms with Gasteiger partial charge in [-0.05, 0) is 37.7 Å². The summed E-state index contributed by atoms with van der Waals surface area (Å²) in [5, 5.41) is 9.18. The van der Waals surface area contributed by atoms with Crippen molar-refractivity contribution in [1.82, 2.24) is 10.6 Å².